The summed E-state index contributed by atoms with van der Waals surface area (Å²) in [5.41, 5.74) is 4.45. The summed E-state index contributed by atoms with van der Waals surface area (Å²) in [4.78, 5) is 4.86. The Balaban J connectivity index is 2.14. The zero-order valence-corrected chi connectivity index (χ0v) is 11.7. The van der Waals surface area contributed by atoms with Gasteiger partial charge in [0, 0.05) is 11.3 Å². The predicted molar refractivity (Wildman–Crippen MR) is 82.7 cm³/mol. The molecule has 1 N–H and O–H groups in total. The molecule has 3 aromatic rings. The molecule has 1 aliphatic heterocycles. The second kappa shape index (κ2) is 3.85. The molecule has 20 heavy (non-hydrogen) atoms. The maximum absolute atomic E-state index is 4.86. The molecule has 2 heterocycles. The van der Waals surface area contributed by atoms with E-state index < -0.39 is 0 Å². The SMILES string of the molecule is CC[C@@]1(C)Nc2ccccc2-c2nc3ccccc3n21. The molecule has 0 fully saturated rings. The number of rotatable bonds is 1. The van der Waals surface area contributed by atoms with E-state index in [0.717, 1.165) is 17.8 Å². The average molecular weight is 263 g/mol. The van der Waals surface area contributed by atoms with Gasteiger partial charge in [0.25, 0.3) is 0 Å². The highest BCUT2D eigenvalue weighted by atomic mass is 15.3. The van der Waals surface area contributed by atoms with Crippen molar-refractivity contribution < 1.29 is 0 Å². The van der Waals surface area contributed by atoms with Crippen molar-refractivity contribution in [2.24, 2.45) is 0 Å². The molecule has 4 rings (SSSR count). The molecule has 3 nitrogen and oxygen atoms in total. The molecule has 100 valence electrons. The molecule has 1 atom stereocenters. The van der Waals surface area contributed by atoms with Crippen LogP contribution in [0.2, 0.25) is 0 Å². The molecular formula is C17H17N3. The Kier molecular flexibility index (Phi) is 2.22. The van der Waals surface area contributed by atoms with Crippen LogP contribution in [0.15, 0.2) is 48.5 Å². The molecule has 2 aromatic carbocycles. The van der Waals surface area contributed by atoms with Gasteiger partial charge in [0.1, 0.15) is 11.5 Å². The van der Waals surface area contributed by atoms with Gasteiger partial charge < -0.3 is 9.88 Å². The number of nitrogens with one attached hydrogen (secondary N) is 1. The van der Waals surface area contributed by atoms with Gasteiger partial charge >= 0.3 is 0 Å². The van der Waals surface area contributed by atoms with Crippen molar-refractivity contribution in [2.75, 3.05) is 5.32 Å². The molecule has 3 heteroatoms. The molecule has 0 bridgehead atoms. The van der Waals surface area contributed by atoms with Crippen LogP contribution in [0.1, 0.15) is 20.3 Å². The molecule has 0 saturated carbocycles. The number of para-hydroxylation sites is 3. The van der Waals surface area contributed by atoms with Gasteiger partial charge in [-0.1, -0.05) is 31.2 Å². The van der Waals surface area contributed by atoms with E-state index in [9.17, 15) is 0 Å². The Bertz CT molecular complexity index is 803. The lowest BCUT2D eigenvalue weighted by Crippen LogP contribution is -2.40. The van der Waals surface area contributed by atoms with E-state index in [-0.39, 0.29) is 5.66 Å². The summed E-state index contributed by atoms with van der Waals surface area (Å²) >= 11 is 0. The maximum Gasteiger partial charge on any atom is 0.145 e. The van der Waals surface area contributed by atoms with Crippen LogP contribution < -0.4 is 5.32 Å². The smallest absolute Gasteiger partial charge is 0.145 e. The minimum absolute atomic E-state index is 0.139. The third kappa shape index (κ3) is 1.38. The van der Waals surface area contributed by atoms with Crippen LogP contribution in [-0.2, 0) is 5.66 Å². The first-order chi connectivity index (χ1) is 9.73. The third-order valence-corrected chi connectivity index (χ3v) is 4.31. The van der Waals surface area contributed by atoms with Crippen LogP contribution in [0.3, 0.4) is 0 Å². The summed E-state index contributed by atoms with van der Waals surface area (Å²) in [6.07, 6.45) is 0.995. The number of hydrogen-bond donors (Lipinski definition) is 1. The average Bonchev–Trinajstić information content (AvgIpc) is 2.88. The van der Waals surface area contributed by atoms with Crippen molar-refractivity contribution in [1.29, 1.82) is 0 Å². The van der Waals surface area contributed by atoms with Crippen molar-refractivity contribution in [3.63, 3.8) is 0 Å². The van der Waals surface area contributed by atoms with Gasteiger partial charge in [0.15, 0.2) is 0 Å². The number of imidazole rings is 1. The van der Waals surface area contributed by atoms with E-state index in [4.69, 9.17) is 4.98 Å². The lowest BCUT2D eigenvalue weighted by atomic mass is 10.0. The van der Waals surface area contributed by atoms with Crippen molar-refractivity contribution in [1.82, 2.24) is 9.55 Å². The normalized spacial score (nSPS) is 20.3. The van der Waals surface area contributed by atoms with Crippen molar-refractivity contribution in [3.8, 4) is 11.4 Å². The van der Waals surface area contributed by atoms with E-state index in [1.807, 2.05) is 6.07 Å². The Morgan fingerprint density at radius 3 is 2.70 bits per heavy atom. The van der Waals surface area contributed by atoms with E-state index in [0.29, 0.717) is 0 Å². The quantitative estimate of drug-likeness (QED) is 0.712. The van der Waals surface area contributed by atoms with Gasteiger partial charge in [0.2, 0.25) is 0 Å². The fourth-order valence-corrected chi connectivity index (χ4v) is 3.09. The van der Waals surface area contributed by atoms with E-state index >= 15 is 0 Å². The molecular weight excluding hydrogens is 246 g/mol. The summed E-state index contributed by atoms with van der Waals surface area (Å²) in [6, 6.07) is 16.8. The molecule has 0 unspecified atom stereocenters. The lowest BCUT2D eigenvalue weighted by molar-refractivity contribution is 0.366. The highest BCUT2D eigenvalue weighted by molar-refractivity contribution is 5.86. The van der Waals surface area contributed by atoms with Gasteiger partial charge in [-0.3, -0.25) is 0 Å². The number of benzene rings is 2. The molecule has 0 saturated heterocycles. The number of hydrogen-bond acceptors (Lipinski definition) is 2. The first kappa shape index (κ1) is 11.5. The van der Waals surface area contributed by atoms with E-state index in [1.165, 1.54) is 16.8 Å². The van der Waals surface area contributed by atoms with E-state index in [2.05, 4.69) is 66.2 Å². The van der Waals surface area contributed by atoms with Crippen molar-refractivity contribution in [3.05, 3.63) is 48.5 Å². The Morgan fingerprint density at radius 1 is 1.10 bits per heavy atom. The largest absolute Gasteiger partial charge is 0.362 e. The summed E-state index contributed by atoms with van der Waals surface area (Å²) in [6.45, 7) is 4.44. The zero-order valence-electron chi connectivity index (χ0n) is 11.7. The van der Waals surface area contributed by atoms with Gasteiger partial charge in [-0.15, -0.1) is 0 Å². The van der Waals surface area contributed by atoms with Crippen LogP contribution in [-0.4, -0.2) is 9.55 Å². The van der Waals surface area contributed by atoms with Crippen LogP contribution in [0.5, 0.6) is 0 Å². The Labute approximate surface area is 118 Å². The molecule has 1 aliphatic rings. The Hall–Kier alpha value is -2.29. The second-order valence-corrected chi connectivity index (χ2v) is 5.56. The van der Waals surface area contributed by atoms with Crippen LogP contribution >= 0.6 is 0 Å². The molecule has 1 aromatic heterocycles. The Morgan fingerprint density at radius 2 is 1.85 bits per heavy atom. The minimum atomic E-state index is -0.139. The highest BCUT2D eigenvalue weighted by Gasteiger charge is 2.34. The number of fused-ring (bicyclic) bond motifs is 5. The van der Waals surface area contributed by atoms with Gasteiger partial charge in [-0.05, 0) is 37.6 Å². The summed E-state index contributed by atoms with van der Waals surface area (Å²) in [5.74, 6) is 1.06. The maximum atomic E-state index is 4.86. The van der Waals surface area contributed by atoms with Crippen LogP contribution in [0.25, 0.3) is 22.4 Å². The van der Waals surface area contributed by atoms with Crippen molar-refractivity contribution in [2.45, 2.75) is 25.9 Å². The first-order valence-electron chi connectivity index (χ1n) is 7.08. The lowest BCUT2D eigenvalue weighted by Gasteiger charge is -2.38. The van der Waals surface area contributed by atoms with Gasteiger partial charge in [-0.25, -0.2) is 4.98 Å². The predicted octanol–water partition coefficient (Wildman–Crippen LogP) is 4.21. The third-order valence-electron chi connectivity index (χ3n) is 4.31. The number of anilines is 1. The van der Waals surface area contributed by atoms with Gasteiger partial charge in [0.05, 0.1) is 11.0 Å². The zero-order chi connectivity index (χ0) is 13.7. The van der Waals surface area contributed by atoms with Crippen LogP contribution in [0.4, 0.5) is 5.69 Å². The van der Waals surface area contributed by atoms with Crippen molar-refractivity contribution >= 4 is 16.7 Å². The molecule has 0 aliphatic carbocycles. The summed E-state index contributed by atoms with van der Waals surface area (Å²) < 4.78 is 2.34. The summed E-state index contributed by atoms with van der Waals surface area (Å²) in [7, 11) is 0. The molecule has 0 spiro atoms. The second-order valence-electron chi connectivity index (χ2n) is 5.56. The topological polar surface area (TPSA) is 29.9 Å². The fourth-order valence-electron chi connectivity index (χ4n) is 3.09. The van der Waals surface area contributed by atoms with Crippen LogP contribution in [0, 0.1) is 0 Å². The monoisotopic (exact) mass is 263 g/mol. The standard InChI is InChI=1S/C17H17N3/c1-3-17(2)19-13-9-5-4-8-12(13)16-18-14-10-6-7-11-15(14)20(16)17/h4-11,19H,3H2,1-2H3/t17-/m0/s1. The molecule has 0 radical (unpaired) electrons. The number of nitrogens with zero attached hydrogens (tertiary/aromatic N) is 2. The minimum Gasteiger partial charge on any atom is -0.362 e. The number of aromatic nitrogens is 2. The van der Waals surface area contributed by atoms with Gasteiger partial charge in [-0.2, -0.15) is 0 Å². The summed E-state index contributed by atoms with van der Waals surface area (Å²) in [5, 5.41) is 3.68. The molecule has 0 amide bonds. The highest BCUT2D eigenvalue weighted by Crippen LogP contribution is 2.41. The fraction of sp³-hybridized carbons (Fsp3) is 0.235. The first-order valence-corrected chi connectivity index (χ1v) is 7.08. The van der Waals surface area contributed by atoms with E-state index in [1.54, 1.807) is 0 Å².